The van der Waals surface area contributed by atoms with E-state index >= 15 is 0 Å². The molecule has 0 radical (unpaired) electrons. The second-order valence-corrected chi connectivity index (χ2v) is 6.80. The Morgan fingerprint density at radius 3 is 2.59 bits per heavy atom. The minimum Gasteiger partial charge on any atom is -0.493 e. The highest BCUT2D eigenvalue weighted by atomic mass is 16.6. The lowest BCUT2D eigenvalue weighted by Gasteiger charge is -2.32. The van der Waals surface area contributed by atoms with E-state index in [1.165, 1.54) is 6.07 Å². The molecule has 3 rings (SSSR count). The molecule has 1 saturated heterocycles. The van der Waals surface area contributed by atoms with E-state index < -0.39 is 0 Å². The molecule has 1 fully saturated rings. The van der Waals surface area contributed by atoms with E-state index in [-0.39, 0.29) is 22.4 Å². The number of nitrogens with zero attached hydrogens (tertiary/aromatic N) is 2. The predicted octanol–water partition coefficient (Wildman–Crippen LogP) is 3.86. The first-order valence-electron chi connectivity index (χ1n) is 9.63. The zero-order valence-electron chi connectivity index (χ0n) is 16.6. The molecule has 0 bridgehead atoms. The fraction of sp³-hybridized carbons (Fsp3) is 0.381. The summed E-state index contributed by atoms with van der Waals surface area (Å²) in [5.41, 5.74) is 1.35. The molecule has 8 heteroatoms. The van der Waals surface area contributed by atoms with Crippen LogP contribution in [0, 0.1) is 16.0 Å². The van der Waals surface area contributed by atoms with Crippen molar-refractivity contribution in [2.24, 2.45) is 5.92 Å². The van der Waals surface area contributed by atoms with Crippen LogP contribution in [0.2, 0.25) is 0 Å². The molecule has 1 heterocycles. The summed E-state index contributed by atoms with van der Waals surface area (Å²) in [5, 5.41) is 14.2. The highest BCUT2D eigenvalue weighted by Gasteiger charge is 2.28. The fourth-order valence-electron chi connectivity index (χ4n) is 3.53. The fourth-order valence-corrected chi connectivity index (χ4v) is 3.53. The summed E-state index contributed by atoms with van der Waals surface area (Å²) in [5.74, 6) is 0.992. The lowest BCUT2D eigenvalue weighted by Crippen LogP contribution is -2.38. The summed E-state index contributed by atoms with van der Waals surface area (Å²) >= 11 is 0. The summed E-state index contributed by atoms with van der Waals surface area (Å²) in [4.78, 5) is 25.5. The van der Waals surface area contributed by atoms with Gasteiger partial charge in [0, 0.05) is 36.8 Å². The van der Waals surface area contributed by atoms with Crippen LogP contribution in [0.15, 0.2) is 42.5 Å². The monoisotopic (exact) mass is 399 g/mol. The van der Waals surface area contributed by atoms with Crippen LogP contribution < -0.4 is 19.7 Å². The maximum absolute atomic E-state index is 12.7. The number of benzene rings is 2. The van der Waals surface area contributed by atoms with Gasteiger partial charge in [0.2, 0.25) is 5.91 Å². The molecule has 0 spiro atoms. The number of carbonyl (C=O) groups is 1. The van der Waals surface area contributed by atoms with Crippen molar-refractivity contribution in [2.45, 2.75) is 19.8 Å². The number of ether oxygens (including phenoxy) is 2. The largest absolute Gasteiger partial charge is 0.493 e. The van der Waals surface area contributed by atoms with E-state index in [0.717, 1.165) is 0 Å². The Kier molecular flexibility index (Phi) is 6.54. The number of nitro groups is 1. The van der Waals surface area contributed by atoms with Crippen LogP contribution >= 0.6 is 0 Å². The van der Waals surface area contributed by atoms with E-state index in [1.807, 2.05) is 11.8 Å². The summed E-state index contributed by atoms with van der Waals surface area (Å²) in [6.45, 7) is 3.61. The van der Waals surface area contributed by atoms with Crippen molar-refractivity contribution in [1.82, 2.24) is 0 Å². The topological polar surface area (TPSA) is 93.9 Å². The van der Waals surface area contributed by atoms with Gasteiger partial charge in [0.25, 0.3) is 5.69 Å². The van der Waals surface area contributed by atoms with Gasteiger partial charge in [0.1, 0.15) is 5.69 Å². The van der Waals surface area contributed by atoms with Gasteiger partial charge in [0.15, 0.2) is 11.5 Å². The molecule has 1 amide bonds. The van der Waals surface area contributed by atoms with Crippen molar-refractivity contribution in [2.75, 3.05) is 37.0 Å². The number of anilines is 2. The zero-order valence-corrected chi connectivity index (χ0v) is 16.6. The maximum atomic E-state index is 12.7. The van der Waals surface area contributed by atoms with Gasteiger partial charge in [-0.2, -0.15) is 0 Å². The van der Waals surface area contributed by atoms with Gasteiger partial charge >= 0.3 is 0 Å². The van der Waals surface area contributed by atoms with Crippen LogP contribution in [-0.4, -0.2) is 37.6 Å². The normalized spacial score (nSPS) is 14.3. The predicted molar refractivity (Wildman–Crippen MR) is 111 cm³/mol. The molecule has 0 saturated carbocycles. The van der Waals surface area contributed by atoms with Crippen molar-refractivity contribution < 1.29 is 19.2 Å². The summed E-state index contributed by atoms with van der Waals surface area (Å²) in [6, 6.07) is 12.0. The van der Waals surface area contributed by atoms with Gasteiger partial charge in [-0.25, -0.2) is 0 Å². The first-order valence-corrected chi connectivity index (χ1v) is 9.63. The van der Waals surface area contributed by atoms with E-state index in [4.69, 9.17) is 9.47 Å². The second-order valence-electron chi connectivity index (χ2n) is 6.80. The van der Waals surface area contributed by atoms with Crippen LogP contribution in [0.3, 0.4) is 0 Å². The highest BCUT2D eigenvalue weighted by Crippen LogP contribution is 2.33. The minimum atomic E-state index is -0.368. The minimum absolute atomic E-state index is 0.0570. The number of para-hydroxylation sites is 2. The molecule has 154 valence electrons. The Morgan fingerprint density at radius 1 is 1.21 bits per heavy atom. The standard InChI is InChI=1S/C21H25N3O5/c1-3-29-19-9-8-16(14-20(19)28-2)22-21(25)15-10-12-23(13-11-15)17-6-4-5-7-18(17)24(26)27/h4-9,14-15H,3,10-13H2,1-2H3,(H,22,25). The molecule has 29 heavy (non-hydrogen) atoms. The first kappa shape index (κ1) is 20.4. The SMILES string of the molecule is CCOc1ccc(NC(=O)C2CCN(c3ccccc3[N+](=O)[O-])CC2)cc1OC. The number of nitrogens with one attached hydrogen (secondary N) is 1. The average molecular weight is 399 g/mol. The third kappa shape index (κ3) is 4.77. The Hall–Kier alpha value is -3.29. The van der Waals surface area contributed by atoms with Crippen LogP contribution in [0.25, 0.3) is 0 Å². The molecule has 0 atom stereocenters. The van der Waals surface area contributed by atoms with Crippen molar-refractivity contribution in [3.05, 3.63) is 52.6 Å². The van der Waals surface area contributed by atoms with Gasteiger partial charge < -0.3 is 19.7 Å². The van der Waals surface area contributed by atoms with Gasteiger partial charge in [0.05, 0.1) is 18.6 Å². The van der Waals surface area contributed by atoms with Crippen LogP contribution in [-0.2, 0) is 4.79 Å². The van der Waals surface area contributed by atoms with Crippen LogP contribution in [0.1, 0.15) is 19.8 Å². The number of hydrogen-bond donors (Lipinski definition) is 1. The molecule has 2 aromatic carbocycles. The zero-order chi connectivity index (χ0) is 20.8. The summed E-state index contributed by atoms with van der Waals surface area (Å²) < 4.78 is 10.8. The van der Waals surface area contributed by atoms with Crippen LogP contribution in [0.5, 0.6) is 11.5 Å². The number of piperidine rings is 1. The van der Waals surface area contributed by atoms with Crippen molar-refractivity contribution in [3.63, 3.8) is 0 Å². The summed E-state index contributed by atoms with van der Waals surface area (Å²) in [7, 11) is 1.56. The number of amides is 1. The number of rotatable bonds is 7. The Balaban J connectivity index is 1.61. The van der Waals surface area contributed by atoms with Gasteiger partial charge in [-0.3, -0.25) is 14.9 Å². The quantitative estimate of drug-likeness (QED) is 0.561. The molecule has 2 aromatic rings. The second kappa shape index (κ2) is 9.27. The third-order valence-electron chi connectivity index (χ3n) is 5.02. The molecule has 1 aliphatic heterocycles. The van der Waals surface area contributed by atoms with Gasteiger partial charge in [-0.1, -0.05) is 12.1 Å². The molecule has 1 aliphatic rings. The number of carbonyl (C=O) groups excluding carboxylic acids is 1. The maximum Gasteiger partial charge on any atom is 0.292 e. The van der Waals surface area contributed by atoms with Crippen molar-refractivity contribution >= 4 is 23.0 Å². The van der Waals surface area contributed by atoms with Crippen LogP contribution in [0.4, 0.5) is 17.1 Å². The summed E-state index contributed by atoms with van der Waals surface area (Å²) in [6.07, 6.45) is 1.26. The molecular formula is C21H25N3O5. The Labute approximate surface area is 169 Å². The molecule has 0 unspecified atom stereocenters. The lowest BCUT2D eigenvalue weighted by atomic mass is 9.95. The third-order valence-corrected chi connectivity index (χ3v) is 5.02. The van der Waals surface area contributed by atoms with Crippen molar-refractivity contribution in [1.29, 1.82) is 0 Å². The highest BCUT2D eigenvalue weighted by molar-refractivity contribution is 5.93. The average Bonchev–Trinajstić information content (AvgIpc) is 2.75. The molecule has 0 aliphatic carbocycles. The smallest absolute Gasteiger partial charge is 0.292 e. The van der Waals surface area contributed by atoms with E-state index in [9.17, 15) is 14.9 Å². The molecular weight excluding hydrogens is 374 g/mol. The molecule has 1 N–H and O–H groups in total. The van der Waals surface area contributed by atoms with E-state index in [2.05, 4.69) is 5.32 Å². The van der Waals surface area contributed by atoms with E-state index in [1.54, 1.807) is 43.5 Å². The first-order chi connectivity index (χ1) is 14.0. The number of methoxy groups -OCH3 is 1. The lowest BCUT2D eigenvalue weighted by molar-refractivity contribution is -0.384. The van der Waals surface area contributed by atoms with E-state index in [0.29, 0.717) is 55.4 Å². The Morgan fingerprint density at radius 2 is 1.93 bits per heavy atom. The number of hydrogen-bond acceptors (Lipinski definition) is 6. The Bertz CT molecular complexity index is 878. The number of nitro benzene ring substituents is 1. The molecule has 8 nitrogen and oxygen atoms in total. The molecule has 0 aromatic heterocycles. The van der Waals surface area contributed by atoms with Gasteiger partial charge in [-0.15, -0.1) is 0 Å². The van der Waals surface area contributed by atoms with Crippen molar-refractivity contribution in [3.8, 4) is 11.5 Å². The van der Waals surface area contributed by atoms with Gasteiger partial charge in [-0.05, 0) is 38.0 Å².